The van der Waals surface area contributed by atoms with Crippen molar-refractivity contribution in [3.05, 3.63) is 0 Å². The number of piperidine rings is 1. The average molecular weight is 297 g/mol. The zero-order valence-corrected chi connectivity index (χ0v) is 13.7. The summed E-state index contributed by atoms with van der Waals surface area (Å²) in [6.07, 6.45) is 3.46. The van der Waals surface area contributed by atoms with Gasteiger partial charge < -0.3 is 14.5 Å². The summed E-state index contributed by atoms with van der Waals surface area (Å²) >= 11 is 0. The molecule has 5 heteroatoms. The molecule has 1 atom stereocenters. The Balaban J connectivity index is 1.72. The lowest BCUT2D eigenvalue weighted by Gasteiger charge is -2.37. The largest absolute Gasteiger partial charge is 0.385 e. The molecule has 2 fully saturated rings. The maximum absolute atomic E-state index is 12.5. The van der Waals surface area contributed by atoms with Crippen LogP contribution in [0.15, 0.2) is 0 Å². The maximum Gasteiger partial charge on any atom is 0.236 e. The lowest BCUT2D eigenvalue weighted by molar-refractivity contribution is -0.134. The Kier molecular flexibility index (Phi) is 6.93. The van der Waals surface area contributed by atoms with Crippen LogP contribution in [0.25, 0.3) is 0 Å². The summed E-state index contributed by atoms with van der Waals surface area (Å²) < 4.78 is 5.17. The molecule has 2 aliphatic rings. The highest BCUT2D eigenvalue weighted by Crippen LogP contribution is 2.20. The number of carbonyl (C=O) groups excluding carboxylic acids is 1. The third-order valence-electron chi connectivity index (χ3n) is 4.87. The van der Waals surface area contributed by atoms with Gasteiger partial charge in [-0.15, -0.1) is 0 Å². The molecule has 2 heterocycles. The van der Waals surface area contributed by atoms with E-state index in [2.05, 4.69) is 21.6 Å². The summed E-state index contributed by atoms with van der Waals surface area (Å²) in [6.45, 7) is 10.9. The van der Waals surface area contributed by atoms with E-state index in [9.17, 15) is 4.79 Å². The Morgan fingerprint density at radius 3 is 2.52 bits per heavy atom. The lowest BCUT2D eigenvalue weighted by atomic mass is 9.95. The van der Waals surface area contributed by atoms with Crippen LogP contribution in [0.4, 0.5) is 0 Å². The Morgan fingerprint density at radius 2 is 1.86 bits per heavy atom. The van der Waals surface area contributed by atoms with E-state index in [1.807, 2.05) is 0 Å². The molecule has 0 bridgehead atoms. The average Bonchev–Trinajstić information content (AvgIpc) is 2.54. The van der Waals surface area contributed by atoms with Crippen molar-refractivity contribution in [2.45, 2.75) is 26.2 Å². The van der Waals surface area contributed by atoms with Gasteiger partial charge >= 0.3 is 0 Å². The van der Waals surface area contributed by atoms with Crippen LogP contribution in [0, 0.1) is 5.92 Å². The minimum atomic E-state index is 0.321. The van der Waals surface area contributed by atoms with Crippen molar-refractivity contribution in [1.29, 1.82) is 0 Å². The van der Waals surface area contributed by atoms with Crippen molar-refractivity contribution < 1.29 is 9.53 Å². The number of likely N-dealkylation sites (N-methyl/N-ethyl adjacent to an activating group) is 1. The number of methoxy groups -OCH3 is 1. The van der Waals surface area contributed by atoms with Gasteiger partial charge in [-0.05, 0) is 31.7 Å². The summed E-state index contributed by atoms with van der Waals surface area (Å²) in [5.74, 6) is 0.946. The standard InChI is InChI=1S/C16H31N3O2/c1-3-17-8-10-18(11-9-17)14-16(20)19-7-4-5-15(13-19)6-12-21-2/h15H,3-14H2,1-2H3. The van der Waals surface area contributed by atoms with Gasteiger partial charge in [-0.3, -0.25) is 9.69 Å². The number of ether oxygens (including phenoxy) is 1. The second-order valence-electron chi connectivity index (χ2n) is 6.34. The number of likely N-dealkylation sites (tertiary alicyclic amines) is 1. The number of hydrogen-bond acceptors (Lipinski definition) is 4. The highest BCUT2D eigenvalue weighted by atomic mass is 16.5. The highest BCUT2D eigenvalue weighted by Gasteiger charge is 2.25. The van der Waals surface area contributed by atoms with Gasteiger partial charge in [0.2, 0.25) is 5.91 Å². The molecule has 0 radical (unpaired) electrons. The predicted octanol–water partition coefficient (Wildman–Crippen LogP) is 0.899. The molecule has 0 aliphatic carbocycles. The normalized spacial score (nSPS) is 25.2. The highest BCUT2D eigenvalue weighted by molar-refractivity contribution is 5.78. The van der Waals surface area contributed by atoms with Crippen molar-refractivity contribution in [1.82, 2.24) is 14.7 Å². The second-order valence-corrected chi connectivity index (χ2v) is 6.34. The molecule has 0 saturated carbocycles. The van der Waals surface area contributed by atoms with E-state index in [0.29, 0.717) is 18.4 Å². The molecule has 5 nitrogen and oxygen atoms in total. The van der Waals surface area contributed by atoms with Gasteiger partial charge in [0, 0.05) is 53.0 Å². The molecule has 0 aromatic carbocycles. The molecule has 0 aromatic heterocycles. The molecule has 0 spiro atoms. The van der Waals surface area contributed by atoms with Crippen LogP contribution in [0.5, 0.6) is 0 Å². The van der Waals surface area contributed by atoms with Gasteiger partial charge in [0.05, 0.1) is 6.54 Å². The number of amides is 1. The number of rotatable bonds is 6. The minimum absolute atomic E-state index is 0.321. The Labute approximate surface area is 129 Å². The Bertz CT molecular complexity index is 317. The SMILES string of the molecule is CCN1CCN(CC(=O)N2CCCC(CCOC)C2)CC1. The van der Waals surface area contributed by atoms with Gasteiger partial charge in [0.25, 0.3) is 0 Å². The Hall–Kier alpha value is -0.650. The smallest absolute Gasteiger partial charge is 0.236 e. The first-order valence-electron chi connectivity index (χ1n) is 8.44. The van der Waals surface area contributed by atoms with Crippen molar-refractivity contribution in [3.8, 4) is 0 Å². The van der Waals surface area contributed by atoms with Crippen molar-refractivity contribution in [3.63, 3.8) is 0 Å². The van der Waals surface area contributed by atoms with E-state index in [1.165, 1.54) is 6.42 Å². The minimum Gasteiger partial charge on any atom is -0.385 e. The van der Waals surface area contributed by atoms with Crippen LogP contribution in [0.2, 0.25) is 0 Å². The lowest BCUT2D eigenvalue weighted by Crippen LogP contribution is -2.51. The number of piperazine rings is 1. The van der Waals surface area contributed by atoms with Crippen LogP contribution in [-0.2, 0) is 9.53 Å². The van der Waals surface area contributed by atoms with Crippen LogP contribution >= 0.6 is 0 Å². The van der Waals surface area contributed by atoms with Gasteiger partial charge in [-0.25, -0.2) is 0 Å². The first kappa shape index (κ1) is 16.7. The van der Waals surface area contributed by atoms with E-state index in [0.717, 1.165) is 65.3 Å². The molecule has 2 saturated heterocycles. The summed E-state index contributed by atoms with van der Waals surface area (Å²) in [6, 6.07) is 0. The third-order valence-corrected chi connectivity index (χ3v) is 4.87. The first-order chi connectivity index (χ1) is 10.2. The Morgan fingerprint density at radius 1 is 1.14 bits per heavy atom. The number of carbonyl (C=O) groups is 1. The second kappa shape index (κ2) is 8.71. The van der Waals surface area contributed by atoms with E-state index >= 15 is 0 Å². The molecule has 0 aromatic rings. The van der Waals surface area contributed by atoms with E-state index in [-0.39, 0.29) is 0 Å². The number of nitrogens with zero attached hydrogens (tertiary/aromatic N) is 3. The number of hydrogen-bond donors (Lipinski definition) is 0. The molecule has 2 rings (SSSR count). The van der Waals surface area contributed by atoms with Crippen molar-refractivity contribution in [2.24, 2.45) is 5.92 Å². The molecule has 1 unspecified atom stereocenters. The van der Waals surface area contributed by atoms with Crippen LogP contribution in [0.3, 0.4) is 0 Å². The molecule has 122 valence electrons. The molecular weight excluding hydrogens is 266 g/mol. The summed E-state index contributed by atoms with van der Waals surface area (Å²) in [5, 5.41) is 0. The quantitative estimate of drug-likeness (QED) is 0.730. The molecule has 21 heavy (non-hydrogen) atoms. The summed E-state index contributed by atoms with van der Waals surface area (Å²) in [5.41, 5.74) is 0. The van der Waals surface area contributed by atoms with Crippen molar-refractivity contribution >= 4 is 5.91 Å². The van der Waals surface area contributed by atoms with Crippen LogP contribution in [-0.4, -0.2) is 86.7 Å². The zero-order valence-electron chi connectivity index (χ0n) is 13.7. The molecule has 0 N–H and O–H groups in total. The topological polar surface area (TPSA) is 36.0 Å². The van der Waals surface area contributed by atoms with Crippen LogP contribution in [0.1, 0.15) is 26.2 Å². The maximum atomic E-state index is 12.5. The first-order valence-corrected chi connectivity index (χ1v) is 8.44. The van der Waals surface area contributed by atoms with E-state index in [1.54, 1.807) is 7.11 Å². The van der Waals surface area contributed by atoms with E-state index in [4.69, 9.17) is 4.74 Å². The van der Waals surface area contributed by atoms with Crippen molar-refractivity contribution in [2.75, 3.05) is 66.1 Å². The van der Waals surface area contributed by atoms with Gasteiger partial charge in [-0.2, -0.15) is 0 Å². The third kappa shape index (κ3) is 5.24. The zero-order chi connectivity index (χ0) is 15.1. The van der Waals surface area contributed by atoms with E-state index < -0.39 is 0 Å². The molecular formula is C16H31N3O2. The summed E-state index contributed by atoms with van der Waals surface area (Å²) in [4.78, 5) is 19.3. The fourth-order valence-corrected chi connectivity index (χ4v) is 3.37. The van der Waals surface area contributed by atoms with Gasteiger partial charge in [0.1, 0.15) is 0 Å². The fourth-order valence-electron chi connectivity index (χ4n) is 3.37. The predicted molar refractivity (Wildman–Crippen MR) is 84.4 cm³/mol. The van der Waals surface area contributed by atoms with Gasteiger partial charge in [0.15, 0.2) is 0 Å². The molecule has 1 amide bonds. The van der Waals surface area contributed by atoms with Gasteiger partial charge in [-0.1, -0.05) is 6.92 Å². The summed E-state index contributed by atoms with van der Waals surface area (Å²) in [7, 11) is 1.75. The monoisotopic (exact) mass is 297 g/mol. The fraction of sp³-hybridized carbons (Fsp3) is 0.938. The van der Waals surface area contributed by atoms with Crippen LogP contribution < -0.4 is 0 Å². The molecule has 2 aliphatic heterocycles.